The third kappa shape index (κ3) is 5.03. The van der Waals surface area contributed by atoms with Gasteiger partial charge in [0.1, 0.15) is 0 Å². The number of hydrogen-bond acceptors (Lipinski definition) is 2. The lowest BCUT2D eigenvalue weighted by Crippen LogP contribution is -2.37. The van der Waals surface area contributed by atoms with Gasteiger partial charge in [-0.05, 0) is 24.8 Å². The summed E-state index contributed by atoms with van der Waals surface area (Å²) < 4.78 is 0. The van der Waals surface area contributed by atoms with Crippen molar-refractivity contribution in [1.29, 1.82) is 0 Å². The first-order chi connectivity index (χ1) is 9.58. The summed E-state index contributed by atoms with van der Waals surface area (Å²) in [6.45, 7) is 4.11. The fraction of sp³-hybridized carbons (Fsp3) is 0.500. The first-order valence-corrected chi connectivity index (χ1v) is 7.12. The normalized spacial score (nSPS) is 12.2. The van der Waals surface area contributed by atoms with Crippen LogP contribution in [0, 0.1) is 11.8 Å². The Morgan fingerprint density at radius 1 is 1.10 bits per heavy atom. The second-order valence-corrected chi connectivity index (χ2v) is 4.98. The number of nitrogens with one attached hydrogen (secondary N) is 1. The molecule has 0 saturated carbocycles. The molecule has 1 rings (SSSR count). The van der Waals surface area contributed by atoms with E-state index in [1.807, 2.05) is 44.2 Å². The average molecular weight is 277 g/mol. The minimum Gasteiger partial charge on any atom is -0.481 e. The van der Waals surface area contributed by atoms with E-state index in [9.17, 15) is 14.7 Å². The molecule has 0 aliphatic rings. The molecule has 0 spiro atoms. The van der Waals surface area contributed by atoms with Crippen LogP contribution in [0.3, 0.4) is 0 Å². The predicted octanol–water partition coefficient (Wildman–Crippen LogP) is 2.48. The van der Waals surface area contributed by atoms with Crippen LogP contribution in [0.4, 0.5) is 0 Å². The van der Waals surface area contributed by atoms with Crippen molar-refractivity contribution in [2.45, 2.75) is 33.1 Å². The number of benzene rings is 1. The zero-order valence-electron chi connectivity index (χ0n) is 12.1. The summed E-state index contributed by atoms with van der Waals surface area (Å²) in [5, 5.41) is 12.0. The average Bonchev–Trinajstić information content (AvgIpc) is 2.45. The highest BCUT2D eigenvalue weighted by atomic mass is 16.4. The molecule has 0 heterocycles. The zero-order chi connectivity index (χ0) is 15.0. The van der Waals surface area contributed by atoms with E-state index in [-0.39, 0.29) is 18.4 Å². The number of rotatable bonds is 8. The van der Waals surface area contributed by atoms with Crippen LogP contribution >= 0.6 is 0 Å². The van der Waals surface area contributed by atoms with Gasteiger partial charge in [0.2, 0.25) is 5.91 Å². The van der Waals surface area contributed by atoms with Gasteiger partial charge in [-0.25, -0.2) is 0 Å². The molecule has 2 N–H and O–H groups in total. The number of hydrogen-bond donors (Lipinski definition) is 2. The molecule has 1 amide bonds. The maximum absolute atomic E-state index is 11.9. The first kappa shape index (κ1) is 16.2. The van der Waals surface area contributed by atoms with E-state index in [2.05, 4.69) is 5.32 Å². The fourth-order valence-electron chi connectivity index (χ4n) is 2.17. The second kappa shape index (κ2) is 8.35. The van der Waals surface area contributed by atoms with Gasteiger partial charge in [-0.3, -0.25) is 9.59 Å². The van der Waals surface area contributed by atoms with Crippen LogP contribution in [0.5, 0.6) is 0 Å². The Bertz CT molecular complexity index is 427. The Balaban J connectivity index is 2.56. The Labute approximate surface area is 120 Å². The van der Waals surface area contributed by atoms with Crippen molar-refractivity contribution in [2.24, 2.45) is 11.8 Å². The predicted molar refractivity (Wildman–Crippen MR) is 78.4 cm³/mol. The lowest BCUT2D eigenvalue weighted by molar-refractivity contribution is -0.141. The van der Waals surface area contributed by atoms with E-state index in [1.54, 1.807) is 0 Å². The fourth-order valence-corrected chi connectivity index (χ4v) is 2.17. The molecule has 0 bridgehead atoms. The number of aliphatic carboxylic acids is 1. The Morgan fingerprint density at radius 2 is 1.70 bits per heavy atom. The quantitative estimate of drug-likeness (QED) is 0.767. The number of carboxylic acid groups (broad SMARTS) is 1. The van der Waals surface area contributed by atoms with Crippen LogP contribution in [-0.4, -0.2) is 23.5 Å². The van der Waals surface area contributed by atoms with Crippen LogP contribution in [0.2, 0.25) is 0 Å². The smallest absolute Gasteiger partial charge is 0.308 e. The molecule has 4 nitrogen and oxygen atoms in total. The second-order valence-electron chi connectivity index (χ2n) is 4.98. The minimum atomic E-state index is -0.876. The maximum atomic E-state index is 11.9. The molecular formula is C16H23NO3. The zero-order valence-corrected chi connectivity index (χ0v) is 12.1. The number of carbonyl (C=O) groups is 2. The molecule has 1 aromatic rings. The van der Waals surface area contributed by atoms with Crippen molar-refractivity contribution in [3.8, 4) is 0 Å². The van der Waals surface area contributed by atoms with Gasteiger partial charge < -0.3 is 10.4 Å². The van der Waals surface area contributed by atoms with Gasteiger partial charge in [0.05, 0.1) is 5.92 Å². The number of carboxylic acids is 1. The van der Waals surface area contributed by atoms with Gasteiger partial charge in [0, 0.05) is 12.5 Å². The number of carbonyl (C=O) groups excluding carboxylic acids is 1. The lowest BCUT2D eigenvalue weighted by Gasteiger charge is -2.16. The molecule has 0 aliphatic carbocycles. The highest BCUT2D eigenvalue weighted by Gasteiger charge is 2.21. The Morgan fingerprint density at radius 3 is 2.20 bits per heavy atom. The maximum Gasteiger partial charge on any atom is 0.308 e. The van der Waals surface area contributed by atoms with E-state index >= 15 is 0 Å². The standard InChI is InChI=1S/C16H23NO3/c1-3-13(4-2)15(18)17-11-14(16(19)20)10-12-8-6-5-7-9-12/h5-9,13-14H,3-4,10-11H2,1-2H3,(H,17,18)(H,19,20). The molecule has 0 radical (unpaired) electrons. The largest absolute Gasteiger partial charge is 0.481 e. The van der Waals surface area contributed by atoms with Crippen molar-refractivity contribution in [3.05, 3.63) is 35.9 Å². The van der Waals surface area contributed by atoms with E-state index in [0.717, 1.165) is 18.4 Å². The van der Waals surface area contributed by atoms with E-state index < -0.39 is 11.9 Å². The lowest BCUT2D eigenvalue weighted by atomic mass is 9.98. The van der Waals surface area contributed by atoms with Crippen molar-refractivity contribution in [3.63, 3.8) is 0 Å². The third-order valence-corrected chi connectivity index (χ3v) is 3.55. The van der Waals surface area contributed by atoms with Crippen LogP contribution in [0.1, 0.15) is 32.3 Å². The van der Waals surface area contributed by atoms with Crippen LogP contribution < -0.4 is 5.32 Å². The monoisotopic (exact) mass is 277 g/mol. The molecule has 20 heavy (non-hydrogen) atoms. The van der Waals surface area contributed by atoms with Crippen LogP contribution in [0.15, 0.2) is 30.3 Å². The van der Waals surface area contributed by atoms with Gasteiger partial charge in [0.25, 0.3) is 0 Å². The molecular weight excluding hydrogens is 254 g/mol. The van der Waals surface area contributed by atoms with Gasteiger partial charge in [-0.2, -0.15) is 0 Å². The number of amides is 1. The summed E-state index contributed by atoms with van der Waals surface area (Å²) in [5.41, 5.74) is 0.969. The molecule has 1 unspecified atom stereocenters. The Kier molecular flexibility index (Phi) is 6.77. The van der Waals surface area contributed by atoms with Gasteiger partial charge in [-0.1, -0.05) is 44.2 Å². The molecule has 4 heteroatoms. The molecule has 1 aromatic carbocycles. The highest BCUT2D eigenvalue weighted by molar-refractivity contribution is 5.79. The van der Waals surface area contributed by atoms with Crippen LogP contribution in [-0.2, 0) is 16.0 Å². The molecule has 110 valence electrons. The van der Waals surface area contributed by atoms with Crippen LogP contribution in [0.25, 0.3) is 0 Å². The molecule has 1 atom stereocenters. The van der Waals surface area contributed by atoms with Gasteiger partial charge in [0.15, 0.2) is 0 Å². The summed E-state index contributed by atoms with van der Waals surface area (Å²) in [6.07, 6.45) is 1.98. The van der Waals surface area contributed by atoms with Gasteiger partial charge in [-0.15, -0.1) is 0 Å². The SMILES string of the molecule is CCC(CC)C(=O)NCC(Cc1ccccc1)C(=O)O. The summed E-state index contributed by atoms with van der Waals surface area (Å²) in [7, 11) is 0. The van der Waals surface area contributed by atoms with Crippen molar-refractivity contribution < 1.29 is 14.7 Å². The molecule has 0 aromatic heterocycles. The Hall–Kier alpha value is -1.84. The van der Waals surface area contributed by atoms with Crippen molar-refractivity contribution >= 4 is 11.9 Å². The van der Waals surface area contributed by atoms with Crippen molar-refractivity contribution in [2.75, 3.05) is 6.54 Å². The summed E-state index contributed by atoms with van der Waals surface area (Å²) in [4.78, 5) is 23.2. The molecule has 0 saturated heterocycles. The topological polar surface area (TPSA) is 66.4 Å². The molecule has 0 fully saturated rings. The minimum absolute atomic E-state index is 0.0267. The third-order valence-electron chi connectivity index (χ3n) is 3.55. The van der Waals surface area contributed by atoms with E-state index in [1.165, 1.54) is 0 Å². The van der Waals surface area contributed by atoms with Crippen molar-refractivity contribution in [1.82, 2.24) is 5.32 Å². The summed E-state index contributed by atoms with van der Waals surface area (Å²) in [5.74, 6) is -1.54. The molecule has 0 aliphatic heterocycles. The van der Waals surface area contributed by atoms with E-state index in [0.29, 0.717) is 6.42 Å². The highest BCUT2D eigenvalue weighted by Crippen LogP contribution is 2.10. The summed E-state index contributed by atoms with van der Waals surface area (Å²) in [6, 6.07) is 9.47. The summed E-state index contributed by atoms with van der Waals surface area (Å²) >= 11 is 0. The first-order valence-electron chi connectivity index (χ1n) is 7.12. The van der Waals surface area contributed by atoms with Gasteiger partial charge >= 0.3 is 5.97 Å². The van der Waals surface area contributed by atoms with E-state index in [4.69, 9.17) is 0 Å².